The molecule has 1 unspecified atom stereocenters. The number of nitrogens with zero attached hydrogens (tertiary/aromatic N) is 1. The number of likely N-dealkylation sites (N-methyl/N-ethyl adjacent to an activating group) is 1. The first-order chi connectivity index (χ1) is 12.6. The molecule has 1 aliphatic rings. The maximum absolute atomic E-state index is 13.3. The smallest absolute Gasteiger partial charge is 0.230 e. The van der Waals surface area contributed by atoms with Crippen LogP contribution in [0.3, 0.4) is 0 Å². The molecule has 0 N–H and O–H groups in total. The summed E-state index contributed by atoms with van der Waals surface area (Å²) in [6, 6.07) is 14.7. The van der Waals surface area contributed by atoms with Crippen molar-refractivity contribution in [3.05, 3.63) is 65.5 Å². The average molecular weight is 355 g/mol. The highest BCUT2D eigenvalue weighted by atomic mass is 19.1. The van der Waals surface area contributed by atoms with Gasteiger partial charge in [-0.3, -0.25) is 4.79 Å². The molecular weight excluding hydrogens is 329 g/mol. The van der Waals surface area contributed by atoms with Gasteiger partial charge in [0.05, 0.1) is 12.5 Å². The molecule has 1 fully saturated rings. The monoisotopic (exact) mass is 355 g/mol. The summed E-state index contributed by atoms with van der Waals surface area (Å²) < 4.78 is 19.3. The van der Waals surface area contributed by atoms with E-state index in [4.69, 9.17) is 4.74 Å². The molecular formula is C22H26FNO2. The van der Waals surface area contributed by atoms with Crippen molar-refractivity contribution in [3.8, 4) is 5.75 Å². The lowest BCUT2D eigenvalue weighted by atomic mass is 9.94. The van der Waals surface area contributed by atoms with Gasteiger partial charge in [-0.05, 0) is 43.0 Å². The van der Waals surface area contributed by atoms with E-state index in [1.54, 1.807) is 6.07 Å². The lowest BCUT2D eigenvalue weighted by Gasteiger charge is -2.24. The van der Waals surface area contributed by atoms with Gasteiger partial charge in [-0.2, -0.15) is 0 Å². The van der Waals surface area contributed by atoms with Crippen molar-refractivity contribution < 1.29 is 13.9 Å². The van der Waals surface area contributed by atoms with Crippen LogP contribution < -0.4 is 4.74 Å². The van der Waals surface area contributed by atoms with Gasteiger partial charge in [-0.25, -0.2) is 4.39 Å². The molecule has 2 aromatic carbocycles. The Bertz CT molecular complexity index is 757. The van der Waals surface area contributed by atoms with E-state index < -0.39 is 0 Å². The Balaban J connectivity index is 1.69. The summed E-state index contributed by atoms with van der Waals surface area (Å²) >= 11 is 0. The van der Waals surface area contributed by atoms with Crippen molar-refractivity contribution in [2.45, 2.75) is 44.6 Å². The topological polar surface area (TPSA) is 29.5 Å². The number of halogens is 1. The third-order valence-electron chi connectivity index (χ3n) is 4.98. The SMILES string of the molecule is CCC(C(=O)N(C)C1CC1)c1ccccc1OCCc1cccc(F)c1. The van der Waals surface area contributed by atoms with E-state index in [1.807, 2.05) is 49.2 Å². The second kappa shape index (κ2) is 8.35. The van der Waals surface area contributed by atoms with Gasteiger partial charge in [0.15, 0.2) is 0 Å². The van der Waals surface area contributed by atoms with Crippen molar-refractivity contribution in [2.24, 2.45) is 0 Å². The quantitative estimate of drug-likeness (QED) is 0.695. The summed E-state index contributed by atoms with van der Waals surface area (Å²) in [6.07, 6.45) is 3.56. The fourth-order valence-electron chi connectivity index (χ4n) is 3.29. The molecule has 0 bridgehead atoms. The molecule has 2 aromatic rings. The largest absolute Gasteiger partial charge is 0.493 e. The summed E-state index contributed by atoms with van der Waals surface area (Å²) in [4.78, 5) is 14.8. The highest BCUT2D eigenvalue weighted by Gasteiger charge is 2.34. The van der Waals surface area contributed by atoms with E-state index in [2.05, 4.69) is 0 Å². The standard InChI is InChI=1S/C22H26FNO2/c1-3-19(22(25)24(2)18-11-12-18)20-9-4-5-10-21(20)26-14-13-16-7-6-8-17(23)15-16/h4-10,15,18-19H,3,11-14H2,1-2H3. The normalized spacial score (nSPS) is 14.7. The van der Waals surface area contributed by atoms with Crippen LogP contribution in [-0.2, 0) is 11.2 Å². The molecule has 26 heavy (non-hydrogen) atoms. The van der Waals surface area contributed by atoms with Crippen LogP contribution in [0, 0.1) is 5.82 Å². The molecule has 3 rings (SSSR count). The third kappa shape index (κ3) is 4.43. The Morgan fingerprint density at radius 2 is 2.00 bits per heavy atom. The average Bonchev–Trinajstić information content (AvgIpc) is 3.48. The van der Waals surface area contributed by atoms with Gasteiger partial charge in [-0.1, -0.05) is 37.3 Å². The van der Waals surface area contributed by atoms with Crippen molar-refractivity contribution >= 4 is 5.91 Å². The summed E-state index contributed by atoms with van der Waals surface area (Å²) in [5.41, 5.74) is 1.84. The molecule has 1 amide bonds. The lowest BCUT2D eigenvalue weighted by Crippen LogP contribution is -2.33. The van der Waals surface area contributed by atoms with E-state index in [9.17, 15) is 9.18 Å². The van der Waals surface area contributed by atoms with Crippen LogP contribution in [0.15, 0.2) is 48.5 Å². The van der Waals surface area contributed by atoms with Gasteiger partial charge in [0.2, 0.25) is 5.91 Å². The predicted molar refractivity (Wildman–Crippen MR) is 101 cm³/mol. The molecule has 138 valence electrons. The molecule has 1 saturated carbocycles. The van der Waals surface area contributed by atoms with Crippen LogP contribution in [0.1, 0.15) is 43.2 Å². The number of para-hydroxylation sites is 1. The van der Waals surface area contributed by atoms with Crippen molar-refractivity contribution in [3.63, 3.8) is 0 Å². The Hall–Kier alpha value is -2.36. The molecule has 1 aliphatic carbocycles. The van der Waals surface area contributed by atoms with Gasteiger partial charge in [-0.15, -0.1) is 0 Å². The first-order valence-electron chi connectivity index (χ1n) is 9.33. The minimum atomic E-state index is -0.234. The first kappa shape index (κ1) is 18.4. The van der Waals surface area contributed by atoms with Crippen molar-refractivity contribution in [1.29, 1.82) is 0 Å². The van der Waals surface area contributed by atoms with E-state index in [1.165, 1.54) is 12.1 Å². The fraction of sp³-hybridized carbons (Fsp3) is 0.409. The van der Waals surface area contributed by atoms with Gasteiger partial charge in [0.1, 0.15) is 11.6 Å². The van der Waals surface area contributed by atoms with Crippen LogP contribution in [0.5, 0.6) is 5.75 Å². The number of amides is 1. The van der Waals surface area contributed by atoms with E-state index in [-0.39, 0.29) is 17.6 Å². The van der Waals surface area contributed by atoms with Crippen LogP contribution in [0.4, 0.5) is 4.39 Å². The molecule has 0 aliphatic heterocycles. The summed E-state index contributed by atoms with van der Waals surface area (Å²) in [5.74, 6) is 0.484. The minimum Gasteiger partial charge on any atom is -0.493 e. The second-order valence-electron chi connectivity index (χ2n) is 6.91. The number of carbonyl (C=O) groups is 1. The van der Waals surface area contributed by atoms with Gasteiger partial charge < -0.3 is 9.64 Å². The number of ether oxygens (including phenoxy) is 1. The van der Waals surface area contributed by atoms with Gasteiger partial charge >= 0.3 is 0 Å². The van der Waals surface area contributed by atoms with Crippen LogP contribution >= 0.6 is 0 Å². The Kier molecular flexibility index (Phi) is 5.92. The lowest BCUT2D eigenvalue weighted by molar-refractivity contribution is -0.132. The highest BCUT2D eigenvalue weighted by molar-refractivity contribution is 5.84. The number of rotatable bonds is 8. The highest BCUT2D eigenvalue weighted by Crippen LogP contribution is 2.34. The molecule has 0 saturated heterocycles. The number of hydrogen-bond donors (Lipinski definition) is 0. The Morgan fingerprint density at radius 1 is 1.23 bits per heavy atom. The number of carbonyl (C=O) groups excluding carboxylic acids is 1. The molecule has 0 spiro atoms. The zero-order valence-corrected chi connectivity index (χ0v) is 15.5. The predicted octanol–water partition coefficient (Wildman–Crippen LogP) is 4.56. The fourth-order valence-corrected chi connectivity index (χ4v) is 3.29. The Morgan fingerprint density at radius 3 is 2.69 bits per heavy atom. The molecule has 0 radical (unpaired) electrons. The Labute approximate surface area is 154 Å². The molecule has 1 atom stereocenters. The van der Waals surface area contributed by atoms with Gasteiger partial charge in [0, 0.05) is 25.1 Å². The van der Waals surface area contributed by atoms with E-state index >= 15 is 0 Å². The van der Waals surface area contributed by atoms with Gasteiger partial charge in [0.25, 0.3) is 0 Å². The second-order valence-corrected chi connectivity index (χ2v) is 6.91. The summed E-state index contributed by atoms with van der Waals surface area (Å²) in [7, 11) is 1.90. The maximum Gasteiger partial charge on any atom is 0.230 e. The summed E-state index contributed by atoms with van der Waals surface area (Å²) in [6.45, 7) is 2.48. The number of hydrogen-bond acceptors (Lipinski definition) is 2. The minimum absolute atomic E-state index is 0.163. The van der Waals surface area contributed by atoms with Crippen LogP contribution in [0.25, 0.3) is 0 Å². The van der Waals surface area contributed by atoms with Crippen LogP contribution in [-0.4, -0.2) is 30.5 Å². The van der Waals surface area contributed by atoms with E-state index in [0.29, 0.717) is 19.1 Å². The van der Waals surface area contributed by atoms with E-state index in [0.717, 1.165) is 36.1 Å². The zero-order chi connectivity index (χ0) is 18.5. The van der Waals surface area contributed by atoms with Crippen molar-refractivity contribution in [1.82, 2.24) is 4.90 Å². The molecule has 0 heterocycles. The molecule has 4 heteroatoms. The van der Waals surface area contributed by atoms with Crippen molar-refractivity contribution in [2.75, 3.05) is 13.7 Å². The first-order valence-corrected chi connectivity index (χ1v) is 9.33. The zero-order valence-electron chi connectivity index (χ0n) is 15.5. The third-order valence-corrected chi connectivity index (χ3v) is 4.98. The summed E-state index contributed by atoms with van der Waals surface area (Å²) in [5, 5.41) is 0. The maximum atomic E-state index is 13.3. The molecule has 0 aromatic heterocycles. The van der Waals surface area contributed by atoms with Crippen LogP contribution in [0.2, 0.25) is 0 Å². The number of benzene rings is 2. The molecule has 3 nitrogen and oxygen atoms in total.